The van der Waals surface area contributed by atoms with Gasteiger partial charge in [0, 0.05) is 25.5 Å². The van der Waals surface area contributed by atoms with Gasteiger partial charge in [-0.2, -0.15) is 0 Å². The van der Waals surface area contributed by atoms with Crippen molar-refractivity contribution < 1.29 is 9.53 Å². The number of rotatable bonds is 5. The van der Waals surface area contributed by atoms with Crippen LogP contribution < -0.4 is 0 Å². The van der Waals surface area contributed by atoms with Crippen LogP contribution in [0.5, 0.6) is 0 Å². The molecule has 0 N–H and O–H groups in total. The molecule has 5 heteroatoms. The lowest BCUT2D eigenvalue weighted by Crippen LogP contribution is -2.21. The molecule has 0 fully saturated rings. The largest absolute Gasteiger partial charge is 0.460 e. The Bertz CT molecular complexity index is 320. The zero-order valence-electron chi connectivity index (χ0n) is 9.43. The van der Waals surface area contributed by atoms with Gasteiger partial charge >= 0.3 is 5.97 Å². The number of likely N-dealkylation sites (N-methyl/N-ethyl adjacent to an activating group) is 1. The number of carbonyl (C=O) groups excluding carboxylic acids is 1. The molecule has 0 amide bonds. The molecular weight excluding hydrogens is 194 g/mol. The molecule has 0 saturated carbocycles. The molecule has 0 radical (unpaired) electrons. The molecule has 1 rings (SSSR count). The molecule has 15 heavy (non-hydrogen) atoms. The molecule has 0 bridgehead atoms. The first-order valence-corrected chi connectivity index (χ1v) is 4.98. The fourth-order valence-corrected chi connectivity index (χ4v) is 1.18. The molecule has 0 aliphatic carbocycles. The van der Waals surface area contributed by atoms with Gasteiger partial charge in [0.25, 0.3) is 0 Å². The van der Waals surface area contributed by atoms with E-state index in [4.69, 9.17) is 4.74 Å². The van der Waals surface area contributed by atoms with E-state index in [0.717, 1.165) is 13.1 Å². The molecule has 5 nitrogen and oxygen atoms in total. The molecular formula is C10H17N3O2. The van der Waals surface area contributed by atoms with Gasteiger partial charge in [0.1, 0.15) is 0 Å². The molecule has 0 atom stereocenters. The Morgan fingerprint density at radius 3 is 2.93 bits per heavy atom. The van der Waals surface area contributed by atoms with E-state index >= 15 is 0 Å². The van der Waals surface area contributed by atoms with Crippen LogP contribution in [0, 0.1) is 0 Å². The van der Waals surface area contributed by atoms with Crippen LogP contribution in [0.15, 0.2) is 12.4 Å². The highest BCUT2D eigenvalue weighted by molar-refractivity contribution is 5.85. The van der Waals surface area contributed by atoms with E-state index in [-0.39, 0.29) is 5.97 Å². The topological polar surface area (TPSA) is 47.4 Å². The lowest BCUT2D eigenvalue weighted by atomic mass is 10.5. The van der Waals surface area contributed by atoms with Crippen molar-refractivity contribution in [1.82, 2.24) is 14.5 Å². The molecule has 0 aromatic carbocycles. The average molecular weight is 211 g/mol. The second kappa shape index (κ2) is 5.50. The van der Waals surface area contributed by atoms with Crippen molar-refractivity contribution in [3.8, 4) is 0 Å². The van der Waals surface area contributed by atoms with Crippen molar-refractivity contribution in [2.24, 2.45) is 0 Å². The Balaban J connectivity index is 2.64. The molecule has 0 aliphatic heterocycles. The molecule has 1 heterocycles. The van der Waals surface area contributed by atoms with Gasteiger partial charge in [-0.25, -0.2) is 9.78 Å². The summed E-state index contributed by atoms with van der Waals surface area (Å²) in [6.07, 6.45) is 3.40. The van der Waals surface area contributed by atoms with Crippen LogP contribution >= 0.6 is 0 Å². The second-order valence-electron chi connectivity index (χ2n) is 3.47. The van der Waals surface area contributed by atoms with Gasteiger partial charge < -0.3 is 14.2 Å². The Morgan fingerprint density at radius 1 is 1.60 bits per heavy atom. The number of carbonyl (C=O) groups is 1. The summed E-state index contributed by atoms with van der Waals surface area (Å²) in [5, 5.41) is 0. The zero-order chi connectivity index (χ0) is 11.3. The molecule has 0 saturated heterocycles. The standard InChI is InChI=1S/C10H17N3O2/c1-4-15-10(14)9-11-5-6-13(9)8-7-12(2)3/h5-6H,4,7-8H2,1-3H3. The minimum Gasteiger partial charge on any atom is -0.460 e. The summed E-state index contributed by atoms with van der Waals surface area (Å²) < 4.78 is 6.70. The van der Waals surface area contributed by atoms with E-state index in [2.05, 4.69) is 9.88 Å². The maximum Gasteiger partial charge on any atom is 0.374 e. The number of nitrogens with zero attached hydrogens (tertiary/aromatic N) is 3. The molecule has 84 valence electrons. The van der Waals surface area contributed by atoms with Crippen LogP contribution in [0.1, 0.15) is 17.5 Å². The minimum absolute atomic E-state index is 0.360. The van der Waals surface area contributed by atoms with Crippen LogP contribution in [-0.4, -0.2) is 47.7 Å². The predicted octanol–water partition coefficient (Wildman–Crippen LogP) is 0.621. The molecule has 0 unspecified atom stereocenters. The number of esters is 1. The van der Waals surface area contributed by atoms with Gasteiger partial charge in [-0.15, -0.1) is 0 Å². The normalized spacial score (nSPS) is 10.7. The summed E-state index contributed by atoms with van der Waals surface area (Å²) in [5.74, 6) is 0.0138. The fraction of sp³-hybridized carbons (Fsp3) is 0.600. The van der Waals surface area contributed by atoms with Gasteiger partial charge in [-0.05, 0) is 21.0 Å². The Hall–Kier alpha value is -1.36. The molecule has 0 spiro atoms. The summed E-state index contributed by atoms with van der Waals surface area (Å²) >= 11 is 0. The van der Waals surface area contributed by atoms with Gasteiger partial charge in [-0.1, -0.05) is 0 Å². The zero-order valence-corrected chi connectivity index (χ0v) is 9.43. The predicted molar refractivity (Wildman–Crippen MR) is 56.7 cm³/mol. The number of ether oxygens (including phenoxy) is 1. The van der Waals surface area contributed by atoms with Crippen LogP contribution in [0.25, 0.3) is 0 Å². The van der Waals surface area contributed by atoms with Crippen molar-refractivity contribution in [1.29, 1.82) is 0 Å². The monoisotopic (exact) mass is 211 g/mol. The van der Waals surface area contributed by atoms with Gasteiger partial charge in [-0.3, -0.25) is 0 Å². The van der Waals surface area contributed by atoms with Crippen LogP contribution in [0.2, 0.25) is 0 Å². The summed E-state index contributed by atoms with van der Waals surface area (Å²) in [5.41, 5.74) is 0. The number of aromatic nitrogens is 2. The minimum atomic E-state index is -0.360. The quantitative estimate of drug-likeness (QED) is 0.670. The van der Waals surface area contributed by atoms with Gasteiger partial charge in [0.15, 0.2) is 0 Å². The van der Waals surface area contributed by atoms with Crippen LogP contribution in [0.3, 0.4) is 0 Å². The maximum atomic E-state index is 11.5. The van der Waals surface area contributed by atoms with E-state index in [1.54, 1.807) is 23.9 Å². The van der Waals surface area contributed by atoms with Crippen molar-refractivity contribution in [3.05, 3.63) is 18.2 Å². The third-order valence-corrected chi connectivity index (χ3v) is 1.96. The van der Waals surface area contributed by atoms with E-state index < -0.39 is 0 Å². The van der Waals surface area contributed by atoms with Crippen molar-refractivity contribution in [2.75, 3.05) is 27.2 Å². The van der Waals surface area contributed by atoms with Crippen LogP contribution in [0.4, 0.5) is 0 Å². The molecule has 1 aromatic rings. The van der Waals surface area contributed by atoms with E-state index in [1.165, 1.54) is 0 Å². The Morgan fingerprint density at radius 2 is 2.33 bits per heavy atom. The molecule has 1 aromatic heterocycles. The van der Waals surface area contributed by atoms with Gasteiger partial charge in [0.2, 0.25) is 5.82 Å². The smallest absolute Gasteiger partial charge is 0.374 e. The first kappa shape index (κ1) is 11.7. The highest BCUT2D eigenvalue weighted by atomic mass is 16.5. The van der Waals surface area contributed by atoms with Crippen molar-refractivity contribution in [3.63, 3.8) is 0 Å². The lowest BCUT2D eigenvalue weighted by Gasteiger charge is -2.11. The maximum absolute atomic E-state index is 11.5. The lowest BCUT2D eigenvalue weighted by molar-refractivity contribution is 0.0505. The van der Waals surface area contributed by atoms with E-state index in [9.17, 15) is 4.79 Å². The summed E-state index contributed by atoms with van der Waals surface area (Å²) in [6, 6.07) is 0. The third kappa shape index (κ3) is 3.36. The Labute approximate surface area is 89.7 Å². The van der Waals surface area contributed by atoms with Gasteiger partial charge in [0.05, 0.1) is 6.61 Å². The number of imidazole rings is 1. The SMILES string of the molecule is CCOC(=O)c1nccn1CCN(C)C. The Kier molecular flexibility index (Phi) is 4.30. The van der Waals surface area contributed by atoms with Crippen molar-refractivity contribution in [2.45, 2.75) is 13.5 Å². The van der Waals surface area contributed by atoms with E-state index in [1.807, 2.05) is 14.1 Å². The summed E-state index contributed by atoms with van der Waals surface area (Å²) in [4.78, 5) is 17.5. The van der Waals surface area contributed by atoms with Crippen molar-refractivity contribution >= 4 is 5.97 Å². The first-order valence-electron chi connectivity index (χ1n) is 4.98. The fourth-order valence-electron chi connectivity index (χ4n) is 1.18. The third-order valence-electron chi connectivity index (χ3n) is 1.96. The highest BCUT2D eigenvalue weighted by Gasteiger charge is 2.13. The highest BCUT2D eigenvalue weighted by Crippen LogP contribution is 2.00. The number of hydrogen-bond donors (Lipinski definition) is 0. The second-order valence-corrected chi connectivity index (χ2v) is 3.47. The average Bonchev–Trinajstić information content (AvgIpc) is 2.62. The van der Waals surface area contributed by atoms with Crippen LogP contribution in [-0.2, 0) is 11.3 Å². The van der Waals surface area contributed by atoms with E-state index in [0.29, 0.717) is 12.4 Å². The summed E-state index contributed by atoms with van der Waals surface area (Å²) in [6.45, 7) is 3.76. The molecule has 0 aliphatic rings. The summed E-state index contributed by atoms with van der Waals surface area (Å²) in [7, 11) is 3.97. The first-order chi connectivity index (χ1) is 7.15. The number of hydrogen-bond acceptors (Lipinski definition) is 4.